The van der Waals surface area contributed by atoms with E-state index in [0.717, 1.165) is 0 Å². The highest BCUT2D eigenvalue weighted by Gasteiger charge is 2.20. The van der Waals surface area contributed by atoms with E-state index < -0.39 is 16.6 Å². The number of carbonyl (C=O) groups excluding carboxylic acids is 1. The van der Waals surface area contributed by atoms with Gasteiger partial charge in [-0.2, -0.15) is 5.26 Å². The van der Waals surface area contributed by atoms with Crippen molar-refractivity contribution in [2.24, 2.45) is 0 Å². The average molecular weight is 255 g/mol. The Morgan fingerprint density at radius 2 is 2.29 bits per heavy atom. The van der Waals surface area contributed by atoms with Gasteiger partial charge in [0.15, 0.2) is 0 Å². The number of methoxy groups -OCH3 is 1. The Morgan fingerprint density at radius 3 is 2.76 bits per heavy atom. The molecule has 0 saturated heterocycles. The SMILES string of the molecule is COC(=O)Cc1cc(Cl)c([N+](=O)[O-])c(C#N)c1. The fourth-order valence-corrected chi connectivity index (χ4v) is 1.58. The fourth-order valence-electron chi connectivity index (χ4n) is 1.27. The van der Waals surface area contributed by atoms with Crippen LogP contribution < -0.4 is 0 Å². The summed E-state index contributed by atoms with van der Waals surface area (Å²) >= 11 is 5.69. The van der Waals surface area contributed by atoms with Crippen LogP contribution in [0, 0.1) is 21.4 Å². The molecule has 0 N–H and O–H groups in total. The van der Waals surface area contributed by atoms with Gasteiger partial charge in [-0.3, -0.25) is 14.9 Å². The van der Waals surface area contributed by atoms with Crippen molar-refractivity contribution in [1.29, 1.82) is 5.26 Å². The van der Waals surface area contributed by atoms with Crippen LogP contribution in [0.3, 0.4) is 0 Å². The summed E-state index contributed by atoms with van der Waals surface area (Å²) in [6, 6.07) is 4.20. The molecule has 0 heterocycles. The first kappa shape index (κ1) is 12.9. The van der Waals surface area contributed by atoms with Crippen molar-refractivity contribution in [3.05, 3.63) is 38.4 Å². The van der Waals surface area contributed by atoms with E-state index in [0.29, 0.717) is 5.56 Å². The van der Waals surface area contributed by atoms with Gasteiger partial charge in [0.05, 0.1) is 18.5 Å². The molecule has 1 aromatic carbocycles. The van der Waals surface area contributed by atoms with E-state index in [9.17, 15) is 14.9 Å². The predicted octanol–water partition coefficient (Wildman–Crippen LogP) is 1.84. The summed E-state index contributed by atoms with van der Waals surface area (Å²) in [6.45, 7) is 0. The monoisotopic (exact) mass is 254 g/mol. The van der Waals surface area contributed by atoms with E-state index in [1.165, 1.54) is 19.2 Å². The molecule has 0 amide bonds. The number of esters is 1. The van der Waals surface area contributed by atoms with Gasteiger partial charge in [-0.1, -0.05) is 11.6 Å². The van der Waals surface area contributed by atoms with Crippen molar-refractivity contribution >= 4 is 23.3 Å². The van der Waals surface area contributed by atoms with Crippen LogP contribution in [0.5, 0.6) is 0 Å². The van der Waals surface area contributed by atoms with Gasteiger partial charge in [-0.15, -0.1) is 0 Å². The number of ether oxygens (including phenoxy) is 1. The first-order chi connectivity index (χ1) is 7.99. The lowest BCUT2D eigenvalue weighted by molar-refractivity contribution is -0.385. The summed E-state index contributed by atoms with van der Waals surface area (Å²) < 4.78 is 4.45. The third kappa shape index (κ3) is 2.92. The fraction of sp³-hybridized carbons (Fsp3) is 0.200. The molecule has 0 aliphatic rings. The molecule has 0 aliphatic heterocycles. The zero-order valence-electron chi connectivity index (χ0n) is 8.77. The Hall–Kier alpha value is -2.13. The molecule has 1 rings (SSSR count). The summed E-state index contributed by atoms with van der Waals surface area (Å²) in [5.74, 6) is -0.515. The number of nitriles is 1. The van der Waals surface area contributed by atoms with E-state index in [1.54, 1.807) is 6.07 Å². The summed E-state index contributed by atoms with van der Waals surface area (Å²) in [5.41, 5.74) is -0.242. The van der Waals surface area contributed by atoms with Gasteiger partial charge in [0.1, 0.15) is 16.7 Å². The smallest absolute Gasteiger partial charge is 0.309 e. The van der Waals surface area contributed by atoms with Crippen LogP contribution in [0.1, 0.15) is 11.1 Å². The third-order valence-electron chi connectivity index (χ3n) is 2.00. The molecule has 0 atom stereocenters. The standard InChI is InChI=1S/C10H7ClN2O4/c1-17-9(14)4-6-2-7(5-12)10(13(15)16)8(11)3-6/h2-3H,4H2,1H3. The highest BCUT2D eigenvalue weighted by molar-refractivity contribution is 6.33. The Balaban J connectivity index is 3.24. The van der Waals surface area contributed by atoms with E-state index in [-0.39, 0.29) is 17.0 Å². The second kappa shape index (κ2) is 5.27. The highest BCUT2D eigenvalue weighted by atomic mass is 35.5. The van der Waals surface area contributed by atoms with Crippen LogP contribution in [0.15, 0.2) is 12.1 Å². The highest BCUT2D eigenvalue weighted by Crippen LogP contribution is 2.29. The molecule has 0 unspecified atom stereocenters. The number of nitro benzene ring substituents is 1. The van der Waals surface area contributed by atoms with E-state index in [4.69, 9.17) is 16.9 Å². The number of rotatable bonds is 3. The van der Waals surface area contributed by atoms with Crippen LogP contribution in [0.25, 0.3) is 0 Å². The molecule has 0 fully saturated rings. The van der Waals surface area contributed by atoms with E-state index >= 15 is 0 Å². The zero-order valence-corrected chi connectivity index (χ0v) is 9.52. The average Bonchev–Trinajstić information content (AvgIpc) is 2.27. The summed E-state index contributed by atoms with van der Waals surface area (Å²) in [7, 11) is 1.22. The predicted molar refractivity (Wildman–Crippen MR) is 58.5 cm³/mol. The second-order valence-corrected chi connectivity index (χ2v) is 3.50. The van der Waals surface area contributed by atoms with Gasteiger partial charge in [0.2, 0.25) is 0 Å². The van der Waals surface area contributed by atoms with E-state index in [2.05, 4.69) is 4.74 Å². The van der Waals surface area contributed by atoms with Crippen molar-refractivity contribution in [1.82, 2.24) is 0 Å². The van der Waals surface area contributed by atoms with Crippen LogP contribution >= 0.6 is 11.6 Å². The maximum absolute atomic E-state index is 11.0. The first-order valence-electron chi connectivity index (χ1n) is 4.43. The Labute approximate surface area is 102 Å². The molecule has 0 spiro atoms. The number of hydrogen-bond acceptors (Lipinski definition) is 5. The topological polar surface area (TPSA) is 93.2 Å². The molecule has 1 aromatic rings. The van der Waals surface area contributed by atoms with Crippen molar-refractivity contribution in [3.63, 3.8) is 0 Å². The Morgan fingerprint density at radius 1 is 1.65 bits per heavy atom. The molecule has 0 saturated carbocycles. The minimum absolute atomic E-state index is 0.0944. The van der Waals surface area contributed by atoms with Crippen LogP contribution in [-0.2, 0) is 16.0 Å². The molecule has 0 aliphatic carbocycles. The molecule has 0 bridgehead atoms. The summed E-state index contributed by atoms with van der Waals surface area (Å²) in [5, 5.41) is 19.3. The van der Waals surface area contributed by atoms with Gasteiger partial charge >= 0.3 is 11.7 Å². The van der Waals surface area contributed by atoms with Crippen LogP contribution in [0.2, 0.25) is 5.02 Å². The molecular formula is C10H7ClN2O4. The van der Waals surface area contributed by atoms with Crippen molar-refractivity contribution < 1.29 is 14.5 Å². The zero-order chi connectivity index (χ0) is 13.0. The summed E-state index contributed by atoms with van der Waals surface area (Å²) in [6.07, 6.45) is -0.0944. The van der Waals surface area contributed by atoms with Gasteiger partial charge in [0.25, 0.3) is 0 Å². The molecule has 0 radical (unpaired) electrons. The van der Waals surface area contributed by atoms with Gasteiger partial charge in [0, 0.05) is 0 Å². The minimum atomic E-state index is -0.733. The van der Waals surface area contributed by atoms with Gasteiger partial charge in [-0.25, -0.2) is 0 Å². The normalized spacial score (nSPS) is 9.47. The number of hydrogen-bond donors (Lipinski definition) is 0. The van der Waals surface area contributed by atoms with Crippen molar-refractivity contribution in [3.8, 4) is 6.07 Å². The molecular weight excluding hydrogens is 248 g/mol. The second-order valence-electron chi connectivity index (χ2n) is 3.10. The van der Waals surface area contributed by atoms with Gasteiger partial charge in [-0.05, 0) is 17.7 Å². The first-order valence-corrected chi connectivity index (χ1v) is 4.81. The maximum atomic E-state index is 11.0. The quantitative estimate of drug-likeness (QED) is 0.466. The molecule has 6 nitrogen and oxygen atoms in total. The third-order valence-corrected chi connectivity index (χ3v) is 2.29. The van der Waals surface area contributed by atoms with Crippen molar-refractivity contribution in [2.75, 3.05) is 7.11 Å². The van der Waals surface area contributed by atoms with Crippen LogP contribution in [-0.4, -0.2) is 18.0 Å². The largest absolute Gasteiger partial charge is 0.469 e. The minimum Gasteiger partial charge on any atom is -0.469 e. The Bertz CT molecular complexity index is 522. The molecule has 17 heavy (non-hydrogen) atoms. The molecule has 0 aromatic heterocycles. The molecule has 7 heteroatoms. The number of nitrogens with zero attached hydrogens (tertiary/aromatic N) is 2. The number of halogens is 1. The molecule has 88 valence electrons. The maximum Gasteiger partial charge on any atom is 0.309 e. The number of carbonyl (C=O) groups is 1. The lowest BCUT2D eigenvalue weighted by atomic mass is 10.1. The summed E-state index contributed by atoms with van der Waals surface area (Å²) in [4.78, 5) is 21.0. The van der Waals surface area contributed by atoms with Crippen molar-refractivity contribution in [2.45, 2.75) is 6.42 Å². The van der Waals surface area contributed by atoms with Crippen LogP contribution in [0.4, 0.5) is 5.69 Å². The lowest BCUT2D eigenvalue weighted by Crippen LogP contribution is -2.05. The number of benzene rings is 1. The van der Waals surface area contributed by atoms with E-state index in [1.807, 2.05) is 0 Å². The van der Waals surface area contributed by atoms with Gasteiger partial charge < -0.3 is 4.74 Å². The lowest BCUT2D eigenvalue weighted by Gasteiger charge is -2.03. The Kier molecular flexibility index (Phi) is 4.01. The number of nitro groups is 1.